The van der Waals surface area contributed by atoms with Crippen molar-refractivity contribution in [2.45, 2.75) is 46.1 Å². The number of thioether (sulfide) groups is 1. The Hall–Kier alpha value is -2.38. The highest BCUT2D eigenvalue weighted by Crippen LogP contribution is 2.11. The fourth-order valence-corrected chi connectivity index (χ4v) is 3.75. The molecule has 0 saturated carbocycles. The van der Waals surface area contributed by atoms with E-state index in [1.165, 1.54) is 5.57 Å². The summed E-state index contributed by atoms with van der Waals surface area (Å²) in [6.45, 7) is 13.8. The molecule has 32 heavy (non-hydrogen) atoms. The summed E-state index contributed by atoms with van der Waals surface area (Å²) >= 11 is 3.18. The average Bonchev–Trinajstić information content (AvgIpc) is 3.32. The molecule has 0 saturated heterocycles. The molecule has 1 rings (SSSR count). The number of allylic oxidation sites excluding steroid dienone is 4. The van der Waals surface area contributed by atoms with Gasteiger partial charge in [0.05, 0.1) is 18.9 Å². The largest absolute Gasteiger partial charge is 0.483 e. The highest BCUT2D eigenvalue weighted by atomic mass is 32.2. The Morgan fingerprint density at radius 3 is 2.69 bits per heavy atom. The molecule has 0 aliphatic carbocycles. The summed E-state index contributed by atoms with van der Waals surface area (Å²) in [5.74, 6) is 1.26. The van der Waals surface area contributed by atoms with Crippen LogP contribution in [-0.4, -0.2) is 43.3 Å². The third kappa shape index (κ3) is 13.8. The van der Waals surface area contributed by atoms with Gasteiger partial charge in [-0.15, -0.1) is 17.9 Å². The SMILES string of the molecule is C=CC/C=C\C(=C/C)C(C)NC(=NC)SCC(=NC(=C)CC)OC.O=CCc1cccs1. The van der Waals surface area contributed by atoms with E-state index in [-0.39, 0.29) is 6.04 Å². The third-order valence-electron chi connectivity index (χ3n) is 4.11. The molecule has 0 radical (unpaired) electrons. The van der Waals surface area contributed by atoms with Gasteiger partial charge in [0, 0.05) is 24.0 Å². The average molecular weight is 476 g/mol. The van der Waals surface area contributed by atoms with Crippen LogP contribution in [-0.2, 0) is 16.0 Å². The Balaban J connectivity index is 0.000000995. The molecule has 0 aliphatic heterocycles. The van der Waals surface area contributed by atoms with Gasteiger partial charge in [0.15, 0.2) is 11.1 Å². The summed E-state index contributed by atoms with van der Waals surface area (Å²) in [5.41, 5.74) is 2.02. The maximum absolute atomic E-state index is 9.88. The molecule has 1 heterocycles. The molecular weight excluding hydrogens is 438 g/mol. The van der Waals surface area contributed by atoms with Crippen LogP contribution < -0.4 is 5.32 Å². The molecular formula is C25H37N3O2S2. The number of nitrogens with zero attached hydrogens (tertiary/aromatic N) is 2. The molecule has 0 aromatic carbocycles. The van der Waals surface area contributed by atoms with Gasteiger partial charge in [-0.2, -0.15) is 0 Å². The molecule has 0 bridgehead atoms. The van der Waals surface area contributed by atoms with Crippen LogP contribution in [0.2, 0.25) is 0 Å². The van der Waals surface area contributed by atoms with Gasteiger partial charge in [0.1, 0.15) is 6.29 Å². The van der Waals surface area contributed by atoms with Gasteiger partial charge in [-0.1, -0.05) is 55.6 Å². The number of amidine groups is 1. The number of methoxy groups -OCH3 is 1. The summed E-state index contributed by atoms with van der Waals surface area (Å²) in [6.07, 6.45) is 11.4. The molecule has 1 unspecified atom stereocenters. The molecule has 176 valence electrons. The maximum atomic E-state index is 9.88. The summed E-state index contributed by atoms with van der Waals surface area (Å²) in [4.78, 5) is 19.7. The molecule has 5 nitrogen and oxygen atoms in total. The Morgan fingerprint density at radius 1 is 1.44 bits per heavy atom. The molecule has 1 aromatic heterocycles. The van der Waals surface area contributed by atoms with Gasteiger partial charge in [-0.3, -0.25) is 4.99 Å². The standard InChI is InChI=1S/C19H31N3OS.C6H6OS/c1-8-11-12-13-17(10-3)16(5)22-19(20-6)24-14-18(23-7)21-15(4)9-2;7-4-3-6-2-1-5-8-6/h8,10,12-13,16H,1,4,9,11,14H2,2-3,5-7H3,(H,20,22);1-2,4-5H,3H2/b13-12-,17-10+,21-18?;. The monoisotopic (exact) mass is 475 g/mol. The fraction of sp³-hybridized carbons (Fsp3) is 0.400. The minimum Gasteiger partial charge on any atom is -0.483 e. The summed E-state index contributed by atoms with van der Waals surface area (Å²) in [7, 11) is 3.41. The zero-order valence-corrected chi connectivity index (χ0v) is 21.6. The normalized spacial score (nSPS) is 13.2. The van der Waals surface area contributed by atoms with E-state index >= 15 is 0 Å². The van der Waals surface area contributed by atoms with E-state index in [4.69, 9.17) is 4.74 Å². The lowest BCUT2D eigenvalue weighted by atomic mass is 10.1. The lowest BCUT2D eigenvalue weighted by Gasteiger charge is -2.17. The number of nitrogens with one attached hydrogen (secondary N) is 1. The zero-order chi connectivity index (χ0) is 24.2. The van der Waals surface area contributed by atoms with Crippen molar-refractivity contribution in [1.29, 1.82) is 0 Å². The molecule has 0 amide bonds. The fourth-order valence-electron chi connectivity index (χ4n) is 2.26. The topological polar surface area (TPSA) is 63.1 Å². The first-order chi connectivity index (χ1) is 15.4. The quantitative estimate of drug-likeness (QED) is 0.136. The number of hydrogen-bond donors (Lipinski definition) is 1. The van der Waals surface area contributed by atoms with Crippen LogP contribution in [0.25, 0.3) is 0 Å². The highest BCUT2D eigenvalue weighted by Gasteiger charge is 2.10. The van der Waals surface area contributed by atoms with Crippen LogP contribution in [0.15, 0.2) is 76.2 Å². The molecule has 1 N–H and O–H groups in total. The van der Waals surface area contributed by atoms with Crippen molar-refractivity contribution in [3.8, 4) is 0 Å². The minimum absolute atomic E-state index is 0.163. The van der Waals surface area contributed by atoms with E-state index in [1.54, 1.807) is 37.3 Å². The van der Waals surface area contributed by atoms with Crippen molar-refractivity contribution >= 4 is 40.5 Å². The summed E-state index contributed by atoms with van der Waals surface area (Å²) in [5, 5.41) is 6.25. The predicted molar refractivity (Wildman–Crippen MR) is 144 cm³/mol. The van der Waals surface area contributed by atoms with Crippen molar-refractivity contribution in [3.63, 3.8) is 0 Å². The van der Waals surface area contributed by atoms with Crippen LogP contribution in [0.1, 0.15) is 38.5 Å². The molecule has 0 aliphatic rings. The minimum atomic E-state index is 0.163. The van der Waals surface area contributed by atoms with Crippen LogP contribution in [0, 0.1) is 0 Å². The van der Waals surface area contributed by atoms with Gasteiger partial charge in [-0.25, -0.2) is 4.99 Å². The van der Waals surface area contributed by atoms with Crippen LogP contribution in [0.3, 0.4) is 0 Å². The van der Waals surface area contributed by atoms with Crippen LogP contribution in [0.4, 0.5) is 0 Å². The number of hydrogen-bond acceptors (Lipinski definition) is 6. The molecule has 1 aromatic rings. The number of ether oxygens (including phenoxy) is 1. The highest BCUT2D eigenvalue weighted by molar-refractivity contribution is 8.14. The van der Waals surface area contributed by atoms with E-state index in [2.05, 4.69) is 53.6 Å². The number of carbonyl (C=O) groups is 1. The van der Waals surface area contributed by atoms with Crippen LogP contribution in [0.5, 0.6) is 0 Å². The first-order valence-electron chi connectivity index (χ1n) is 10.5. The van der Waals surface area contributed by atoms with Gasteiger partial charge >= 0.3 is 0 Å². The second-order valence-corrected chi connectivity index (χ2v) is 8.47. The lowest BCUT2D eigenvalue weighted by Crippen LogP contribution is -2.32. The molecule has 0 fully saturated rings. The number of thiophene rings is 1. The predicted octanol–water partition coefficient (Wildman–Crippen LogP) is 6.22. The van der Waals surface area contributed by atoms with Crippen LogP contribution >= 0.6 is 23.1 Å². The van der Waals surface area contributed by atoms with E-state index in [0.29, 0.717) is 18.1 Å². The number of rotatable bonds is 11. The smallest absolute Gasteiger partial charge is 0.198 e. The number of carbonyl (C=O) groups excluding carboxylic acids is 1. The van der Waals surface area contributed by atoms with Crippen molar-refractivity contribution < 1.29 is 9.53 Å². The molecule has 0 spiro atoms. The summed E-state index contributed by atoms with van der Waals surface area (Å²) in [6, 6.07) is 4.07. The Morgan fingerprint density at radius 2 is 2.19 bits per heavy atom. The van der Waals surface area contributed by atoms with Crippen molar-refractivity contribution in [1.82, 2.24) is 5.32 Å². The lowest BCUT2D eigenvalue weighted by molar-refractivity contribution is -0.107. The van der Waals surface area contributed by atoms with E-state index in [9.17, 15) is 4.79 Å². The summed E-state index contributed by atoms with van der Waals surface area (Å²) < 4.78 is 5.31. The van der Waals surface area contributed by atoms with Crippen molar-refractivity contribution in [2.75, 3.05) is 19.9 Å². The first kappa shape index (κ1) is 29.6. The van der Waals surface area contributed by atoms with Gasteiger partial charge in [0.25, 0.3) is 0 Å². The van der Waals surface area contributed by atoms with Gasteiger partial charge in [0.2, 0.25) is 0 Å². The Kier molecular flexibility index (Phi) is 17.9. The maximum Gasteiger partial charge on any atom is 0.198 e. The van der Waals surface area contributed by atoms with E-state index in [1.807, 2.05) is 37.4 Å². The van der Waals surface area contributed by atoms with Crippen molar-refractivity contribution in [2.24, 2.45) is 9.98 Å². The van der Waals surface area contributed by atoms with E-state index in [0.717, 1.165) is 34.9 Å². The first-order valence-corrected chi connectivity index (χ1v) is 12.4. The molecule has 1 atom stereocenters. The number of aliphatic imine (C=N–C) groups is 2. The second-order valence-electron chi connectivity index (χ2n) is 6.48. The zero-order valence-electron chi connectivity index (χ0n) is 20.0. The number of aldehydes is 1. The molecule has 7 heteroatoms. The van der Waals surface area contributed by atoms with Crippen molar-refractivity contribution in [3.05, 3.63) is 71.1 Å². The third-order valence-corrected chi connectivity index (χ3v) is 5.98. The van der Waals surface area contributed by atoms with E-state index < -0.39 is 0 Å². The Labute approximate surface area is 202 Å². The second kappa shape index (κ2) is 19.3. The Bertz CT molecular complexity index is 794. The van der Waals surface area contributed by atoms with Gasteiger partial charge in [-0.05, 0) is 43.7 Å². The van der Waals surface area contributed by atoms with Gasteiger partial charge < -0.3 is 14.8 Å².